The average Bonchev–Trinajstić information content (AvgIpc) is 2.85. The summed E-state index contributed by atoms with van der Waals surface area (Å²) in [6.45, 7) is 4.03. The van der Waals surface area contributed by atoms with Crippen molar-refractivity contribution in [1.82, 2.24) is 24.8 Å². The molecule has 19 heavy (non-hydrogen) atoms. The Hall–Kier alpha value is -2.01. The quantitative estimate of drug-likeness (QED) is 0.673. The molecule has 0 aliphatic heterocycles. The normalized spacial score (nSPS) is 11.1. The highest BCUT2D eigenvalue weighted by molar-refractivity contribution is 6.29. The molecule has 0 fully saturated rings. The Balaban J connectivity index is 2.06. The topological polar surface area (TPSA) is 56.0 Å². The van der Waals surface area contributed by atoms with Crippen LogP contribution in [0.3, 0.4) is 0 Å². The molecule has 0 atom stereocenters. The second kappa shape index (κ2) is 4.59. The van der Waals surface area contributed by atoms with Crippen LogP contribution in [-0.4, -0.2) is 24.8 Å². The lowest BCUT2D eigenvalue weighted by atomic mass is 10.0. The van der Waals surface area contributed by atoms with Crippen LogP contribution >= 0.6 is 11.6 Å². The van der Waals surface area contributed by atoms with Gasteiger partial charge in [-0.2, -0.15) is 5.10 Å². The highest BCUT2D eigenvalue weighted by atomic mass is 35.5. The number of pyridine rings is 1. The van der Waals surface area contributed by atoms with Crippen molar-refractivity contribution in [2.45, 2.75) is 20.3 Å². The lowest BCUT2D eigenvalue weighted by Gasteiger charge is -2.09. The van der Waals surface area contributed by atoms with Crippen molar-refractivity contribution in [2.24, 2.45) is 0 Å². The van der Waals surface area contributed by atoms with Gasteiger partial charge in [-0.3, -0.25) is 0 Å². The number of aromatic nitrogens is 5. The molecule has 0 radical (unpaired) electrons. The monoisotopic (exact) mass is 273 g/mol. The Labute approximate surface area is 115 Å². The van der Waals surface area contributed by atoms with Crippen molar-refractivity contribution < 1.29 is 0 Å². The van der Waals surface area contributed by atoms with Gasteiger partial charge in [-0.1, -0.05) is 17.7 Å². The van der Waals surface area contributed by atoms with Gasteiger partial charge in [-0.15, -0.1) is 10.2 Å². The number of hydrogen-bond donors (Lipinski definition) is 0. The van der Waals surface area contributed by atoms with Gasteiger partial charge in [0.25, 0.3) is 0 Å². The van der Waals surface area contributed by atoms with Crippen LogP contribution in [0.15, 0.2) is 24.7 Å². The minimum absolute atomic E-state index is 0.503. The van der Waals surface area contributed by atoms with Crippen LogP contribution in [0.2, 0.25) is 5.15 Å². The number of hydrogen-bond acceptors (Lipinski definition) is 4. The molecule has 0 saturated heterocycles. The van der Waals surface area contributed by atoms with Gasteiger partial charge in [0.2, 0.25) is 0 Å². The first kappa shape index (κ1) is 12.0. The summed E-state index contributed by atoms with van der Waals surface area (Å²) in [6, 6.07) is 3.77. The molecule has 0 unspecified atom stereocenters. The molecule has 0 spiro atoms. The summed E-state index contributed by atoms with van der Waals surface area (Å²) in [5.41, 5.74) is 5.12. The van der Waals surface area contributed by atoms with Crippen molar-refractivity contribution >= 4 is 17.2 Å². The Morgan fingerprint density at radius 3 is 2.84 bits per heavy atom. The Bertz CT molecular complexity index is 733. The summed E-state index contributed by atoms with van der Waals surface area (Å²) >= 11 is 5.80. The van der Waals surface area contributed by atoms with Gasteiger partial charge in [-0.25, -0.2) is 9.50 Å². The van der Waals surface area contributed by atoms with Crippen molar-refractivity contribution in [2.75, 3.05) is 0 Å². The Morgan fingerprint density at radius 2 is 2.11 bits per heavy atom. The van der Waals surface area contributed by atoms with Crippen LogP contribution < -0.4 is 0 Å². The summed E-state index contributed by atoms with van der Waals surface area (Å²) < 4.78 is 1.70. The van der Waals surface area contributed by atoms with Crippen molar-refractivity contribution in [3.8, 4) is 0 Å². The van der Waals surface area contributed by atoms with Crippen LogP contribution in [0.1, 0.15) is 22.4 Å². The standard InChI is InChI=1S/C13H12ClN5/c1-8-11(5-10-3-4-12(14)15-6-10)9(2)18-19-7-16-17-13(8)19/h3-4,6-7H,5H2,1-2H3. The summed E-state index contributed by atoms with van der Waals surface area (Å²) in [4.78, 5) is 4.10. The van der Waals surface area contributed by atoms with E-state index < -0.39 is 0 Å². The van der Waals surface area contributed by atoms with Gasteiger partial charge < -0.3 is 0 Å². The molecular weight excluding hydrogens is 262 g/mol. The van der Waals surface area contributed by atoms with E-state index in [0.29, 0.717) is 5.15 Å². The van der Waals surface area contributed by atoms with Crippen LogP contribution in [-0.2, 0) is 6.42 Å². The SMILES string of the molecule is Cc1nn2cnnc2c(C)c1Cc1ccc(Cl)nc1. The highest BCUT2D eigenvalue weighted by Crippen LogP contribution is 2.19. The molecular formula is C13H12ClN5. The number of rotatable bonds is 2. The Kier molecular flexibility index (Phi) is 2.91. The maximum Gasteiger partial charge on any atom is 0.180 e. The molecule has 0 aliphatic rings. The van der Waals surface area contributed by atoms with E-state index in [0.717, 1.165) is 34.5 Å². The van der Waals surface area contributed by atoms with Crippen molar-refractivity contribution in [1.29, 1.82) is 0 Å². The third kappa shape index (κ3) is 2.17. The predicted octanol–water partition coefficient (Wildman–Crippen LogP) is 2.38. The molecule has 0 aromatic carbocycles. The molecule has 3 aromatic rings. The molecule has 0 aliphatic carbocycles. The maximum absolute atomic E-state index is 5.80. The minimum Gasteiger partial charge on any atom is -0.244 e. The lowest BCUT2D eigenvalue weighted by Crippen LogP contribution is -2.04. The number of fused-ring (bicyclic) bond motifs is 1. The maximum atomic E-state index is 5.80. The first-order valence-electron chi connectivity index (χ1n) is 5.91. The van der Waals surface area contributed by atoms with Crippen LogP contribution in [0.5, 0.6) is 0 Å². The van der Waals surface area contributed by atoms with E-state index in [2.05, 4.69) is 20.3 Å². The van der Waals surface area contributed by atoms with E-state index in [-0.39, 0.29) is 0 Å². The molecule has 3 aromatic heterocycles. The van der Waals surface area contributed by atoms with Crippen LogP contribution in [0.25, 0.3) is 5.65 Å². The van der Waals surface area contributed by atoms with Gasteiger partial charge in [-0.05, 0) is 31.0 Å². The molecule has 3 heterocycles. The molecule has 6 heteroatoms. The van der Waals surface area contributed by atoms with Gasteiger partial charge >= 0.3 is 0 Å². The second-order valence-corrected chi connectivity index (χ2v) is 4.84. The van der Waals surface area contributed by atoms with E-state index >= 15 is 0 Å². The fourth-order valence-corrected chi connectivity index (χ4v) is 2.27. The van der Waals surface area contributed by atoms with Crippen LogP contribution in [0, 0.1) is 13.8 Å². The number of nitrogens with zero attached hydrogens (tertiary/aromatic N) is 5. The molecule has 0 N–H and O–H groups in total. The first-order valence-corrected chi connectivity index (χ1v) is 6.29. The average molecular weight is 274 g/mol. The number of aryl methyl sites for hydroxylation is 2. The molecule has 96 valence electrons. The summed E-state index contributed by atoms with van der Waals surface area (Å²) in [7, 11) is 0. The fraction of sp³-hybridized carbons (Fsp3) is 0.231. The summed E-state index contributed by atoms with van der Waals surface area (Å²) in [5.74, 6) is 0. The Morgan fingerprint density at radius 1 is 1.26 bits per heavy atom. The van der Waals surface area contributed by atoms with Gasteiger partial charge in [0.1, 0.15) is 11.5 Å². The van der Waals surface area contributed by atoms with Crippen molar-refractivity contribution in [3.05, 3.63) is 52.2 Å². The smallest absolute Gasteiger partial charge is 0.180 e. The van der Waals surface area contributed by atoms with E-state index in [1.54, 1.807) is 23.1 Å². The second-order valence-electron chi connectivity index (χ2n) is 4.45. The molecule has 3 rings (SSSR count). The summed E-state index contributed by atoms with van der Waals surface area (Å²) in [5, 5.41) is 12.9. The zero-order valence-electron chi connectivity index (χ0n) is 10.6. The molecule has 0 saturated carbocycles. The number of halogens is 1. The highest BCUT2D eigenvalue weighted by Gasteiger charge is 2.11. The van der Waals surface area contributed by atoms with E-state index in [4.69, 9.17) is 11.6 Å². The zero-order chi connectivity index (χ0) is 13.4. The summed E-state index contributed by atoms with van der Waals surface area (Å²) in [6.07, 6.45) is 4.16. The first-order chi connectivity index (χ1) is 9.15. The zero-order valence-corrected chi connectivity index (χ0v) is 11.4. The molecule has 0 bridgehead atoms. The third-order valence-electron chi connectivity index (χ3n) is 3.18. The van der Waals surface area contributed by atoms with Gasteiger partial charge in [0, 0.05) is 18.2 Å². The molecule has 5 nitrogen and oxygen atoms in total. The predicted molar refractivity (Wildman–Crippen MR) is 72.3 cm³/mol. The lowest BCUT2D eigenvalue weighted by molar-refractivity contribution is 0.863. The van der Waals surface area contributed by atoms with Gasteiger partial charge in [0.05, 0.1) is 5.69 Å². The fourth-order valence-electron chi connectivity index (χ4n) is 2.15. The van der Waals surface area contributed by atoms with Crippen LogP contribution in [0.4, 0.5) is 0 Å². The van der Waals surface area contributed by atoms with E-state index in [9.17, 15) is 0 Å². The van der Waals surface area contributed by atoms with E-state index in [1.165, 1.54) is 0 Å². The molecule has 0 amide bonds. The van der Waals surface area contributed by atoms with Gasteiger partial charge in [0.15, 0.2) is 5.65 Å². The minimum atomic E-state index is 0.503. The van der Waals surface area contributed by atoms with Crippen molar-refractivity contribution in [3.63, 3.8) is 0 Å². The largest absolute Gasteiger partial charge is 0.244 e. The van der Waals surface area contributed by atoms with E-state index in [1.807, 2.05) is 19.9 Å². The third-order valence-corrected chi connectivity index (χ3v) is 3.41.